The highest BCUT2D eigenvalue weighted by Gasteiger charge is 2.28. The molecule has 0 fully saturated rings. The molecule has 0 aliphatic rings. The van der Waals surface area contributed by atoms with Crippen molar-refractivity contribution in [3.8, 4) is 11.8 Å². The van der Waals surface area contributed by atoms with Crippen LogP contribution in [-0.2, 0) is 0 Å². The molecule has 7 aromatic carbocycles. The van der Waals surface area contributed by atoms with Gasteiger partial charge in [-0.15, -0.1) is 0 Å². The normalized spacial score (nSPS) is 12.8. The first-order valence-electron chi connectivity index (χ1n) is 19.3. The molecule has 0 saturated carbocycles. The van der Waals surface area contributed by atoms with Gasteiger partial charge < -0.3 is 8.82 Å². The Morgan fingerprint density at radius 1 is 0.544 bits per heavy atom. The summed E-state index contributed by atoms with van der Waals surface area (Å²) in [6, 6.07) is 53.4. The third kappa shape index (κ3) is 3.93. The summed E-state index contributed by atoms with van der Waals surface area (Å²) in [6.07, 6.45) is 2.29. The van der Waals surface area contributed by atoms with E-state index in [2.05, 4.69) is 161 Å². The van der Waals surface area contributed by atoms with E-state index in [1.54, 1.807) is 0 Å². The fourth-order valence-corrected chi connectivity index (χ4v) is 9.62. The maximum Gasteiger partial charge on any atom is 0.237 e. The Morgan fingerprint density at radius 2 is 1.12 bits per heavy atom. The molecular formula is C51H31N5O. The van der Waals surface area contributed by atoms with Crippen LogP contribution in [0, 0.1) is 6.92 Å². The molecule has 6 nitrogen and oxygen atoms in total. The molecule has 6 aromatic heterocycles. The largest absolute Gasteiger partial charge is 0.450 e. The van der Waals surface area contributed by atoms with Crippen LogP contribution in [0.15, 0.2) is 156 Å². The maximum absolute atomic E-state index is 6.72. The number of aryl methyl sites for hydroxylation is 1. The quantitative estimate of drug-likeness (QED) is 0.182. The van der Waals surface area contributed by atoms with Crippen LogP contribution in [-0.4, -0.2) is 23.5 Å². The number of fused-ring (bicyclic) bond motifs is 13. The topological polar surface area (TPSA) is 53.2 Å². The Morgan fingerprint density at radius 3 is 1.84 bits per heavy atom. The van der Waals surface area contributed by atoms with E-state index >= 15 is 0 Å². The van der Waals surface area contributed by atoms with E-state index in [-0.39, 0.29) is 0 Å². The minimum atomic E-state index is 0.588. The van der Waals surface area contributed by atoms with Gasteiger partial charge in [-0.1, -0.05) is 116 Å². The molecule has 13 aromatic rings. The van der Waals surface area contributed by atoms with Gasteiger partial charge in [-0.05, 0) is 71.5 Å². The fourth-order valence-electron chi connectivity index (χ4n) is 9.62. The number of benzene rings is 7. The standard InChI is InChI=1S/C51H31N5O/c1-29-15-3-4-16-31(29)27-43-30(2)37-28-38-34-19-7-12-24-41(34)56(48(38)45-35-20-8-13-25-42(35)54(43)47(37)45)51-52-46-36-21-9-14-26-44(36)57-49(46)50(53-51)55-39-22-10-5-17-32(39)33-18-6-11-23-40(33)55/h3-28H,1H2,2H3/b31-27-. The summed E-state index contributed by atoms with van der Waals surface area (Å²) in [6.45, 7) is 6.61. The molecule has 0 N–H and O–H groups in total. The molecule has 0 atom stereocenters. The SMILES string of the molecule is C=c1cccc/c1=C/c1c(C)c2cc3c4ccccc4n(-c4nc(-n5c6ccccc6c6ccccc65)c5oc6ccccc6c5n4)c3c3c4ccccc4n1c23. The molecule has 0 aliphatic carbocycles. The number of furan rings is 1. The van der Waals surface area contributed by atoms with Crippen molar-refractivity contribution in [3.63, 3.8) is 0 Å². The highest BCUT2D eigenvalue weighted by Crippen LogP contribution is 2.46. The highest BCUT2D eigenvalue weighted by molar-refractivity contribution is 6.30. The summed E-state index contributed by atoms with van der Waals surface area (Å²) in [4.78, 5) is 11.1. The van der Waals surface area contributed by atoms with Crippen LogP contribution in [0.2, 0.25) is 0 Å². The second-order valence-corrected chi connectivity index (χ2v) is 15.1. The van der Waals surface area contributed by atoms with Crippen molar-refractivity contribution < 1.29 is 4.42 Å². The number of aromatic nitrogens is 5. The summed E-state index contributed by atoms with van der Waals surface area (Å²) in [5.74, 6) is 1.29. The van der Waals surface area contributed by atoms with Crippen LogP contribution in [0.1, 0.15) is 11.3 Å². The first-order valence-corrected chi connectivity index (χ1v) is 19.3. The highest BCUT2D eigenvalue weighted by atomic mass is 16.3. The van der Waals surface area contributed by atoms with Crippen LogP contribution in [0.3, 0.4) is 0 Å². The van der Waals surface area contributed by atoms with Gasteiger partial charge in [0.1, 0.15) is 11.1 Å². The van der Waals surface area contributed by atoms with Crippen molar-refractivity contribution in [3.05, 3.63) is 173 Å². The van der Waals surface area contributed by atoms with Crippen molar-refractivity contribution in [1.82, 2.24) is 23.5 Å². The Kier molecular flexibility index (Phi) is 5.88. The molecule has 6 heterocycles. The van der Waals surface area contributed by atoms with Gasteiger partial charge in [0.15, 0.2) is 11.4 Å². The monoisotopic (exact) mass is 729 g/mol. The lowest BCUT2D eigenvalue weighted by molar-refractivity contribution is 0.661. The minimum absolute atomic E-state index is 0.588. The van der Waals surface area contributed by atoms with Gasteiger partial charge in [0.2, 0.25) is 5.95 Å². The summed E-state index contributed by atoms with van der Waals surface area (Å²) in [7, 11) is 0. The zero-order valence-electron chi connectivity index (χ0n) is 30.9. The Balaban J connectivity index is 1.24. The van der Waals surface area contributed by atoms with E-state index in [1.807, 2.05) is 24.3 Å². The predicted octanol–water partition coefficient (Wildman–Crippen LogP) is 11.1. The Labute approximate surface area is 324 Å². The zero-order valence-corrected chi connectivity index (χ0v) is 30.9. The van der Waals surface area contributed by atoms with Crippen molar-refractivity contribution >= 4 is 106 Å². The molecule has 6 heteroatoms. The third-order valence-electron chi connectivity index (χ3n) is 12.1. The number of rotatable bonds is 3. The Hall–Kier alpha value is -7.70. The number of para-hydroxylation sites is 5. The van der Waals surface area contributed by atoms with Crippen molar-refractivity contribution in [1.29, 1.82) is 0 Å². The van der Waals surface area contributed by atoms with Crippen molar-refractivity contribution in [2.75, 3.05) is 0 Å². The molecule has 0 unspecified atom stereocenters. The van der Waals surface area contributed by atoms with Crippen LogP contribution >= 0.6 is 0 Å². The van der Waals surface area contributed by atoms with Gasteiger partial charge >= 0.3 is 0 Å². The Bertz CT molecular complexity index is 3920. The molecule has 0 spiro atoms. The number of hydrogen-bond donors (Lipinski definition) is 0. The van der Waals surface area contributed by atoms with Crippen molar-refractivity contribution in [2.45, 2.75) is 6.92 Å². The molecule has 0 amide bonds. The maximum atomic E-state index is 6.72. The molecule has 0 aliphatic heterocycles. The number of hydrogen-bond acceptors (Lipinski definition) is 3. The van der Waals surface area contributed by atoms with Gasteiger partial charge in [-0.2, -0.15) is 4.98 Å². The van der Waals surface area contributed by atoms with Crippen LogP contribution in [0.5, 0.6) is 0 Å². The lowest BCUT2D eigenvalue weighted by Gasteiger charge is -2.12. The van der Waals surface area contributed by atoms with E-state index in [9.17, 15) is 0 Å². The summed E-state index contributed by atoms with van der Waals surface area (Å²) in [5, 5.41) is 11.3. The van der Waals surface area contributed by atoms with Crippen molar-refractivity contribution in [2.24, 2.45) is 0 Å². The summed E-state index contributed by atoms with van der Waals surface area (Å²) >= 11 is 0. The van der Waals surface area contributed by atoms with Gasteiger partial charge in [-0.25, -0.2) is 4.98 Å². The second kappa shape index (κ2) is 11.0. The van der Waals surface area contributed by atoms with Gasteiger partial charge in [0.05, 0.1) is 38.8 Å². The van der Waals surface area contributed by atoms with Crippen LogP contribution < -0.4 is 10.4 Å². The average Bonchev–Trinajstić information content (AvgIpc) is 4.04. The van der Waals surface area contributed by atoms with E-state index in [0.717, 1.165) is 81.7 Å². The molecule has 266 valence electrons. The predicted molar refractivity (Wildman–Crippen MR) is 235 cm³/mol. The minimum Gasteiger partial charge on any atom is -0.450 e. The summed E-state index contributed by atoms with van der Waals surface area (Å²) < 4.78 is 13.7. The lowest BCUT2D eigenvalue weighted by atomic mass is 10.0. The summed E-state index contributed by atoms with van der Waals surface area (Å²) in [5.41, 5.74) is 11.2. The van der Waals surface area contributed by atoms with Gasteiger partial charge in [0.25, 0.3) is 0 Å². The third-order valence-corrected chi connectivity index (χ3v) is 12.1. The lowest BCUT2D eigenvalue weighted by Crippen LogP contribution is -2.22. The first kappa shape index (κ1) is 30.6. The van der Waals surface area contributed by atoms with Crippen LogP contribution in [0.25, 0.3) is 117 Å². The van der Waals surface area contributed by atoms with E-state index in [1.165, 1.54) is 27.2 Å². The smallest absolute Gasteiger partial charge is 0.237 e. The van der Waals surface area contributed by atoms with E-state index in [4.69, 9.17) is 14.4 Å². The van der Waals surface area contributed by atoms with E-state index < -0.39 is 0 Å². The first-order chi connectivity index (χ1) is 28.1. The molecule has 57 heavy (non-hydrogen) atoms. The number of nitrogens with zero attached hydrogens (tertiary/aromatic N) is 5. The van der Waals surface area contributed by atoms with E-state index in [0.29, 0.717) is 17.3 Å². The molecule has 13 rings (SSSR count). The second-order valence-electron chi connectivity index (χ2n) is 15.1. The molecular weight excluding hydrogens is 699 g/mol. The van der Waals surface area contributed by atoms with Gasteiger partial charge in [-0.3, -0.25) is 9.13 Å². The van der Waals surface area contributed by atoms with Crippen LogP contribution in [0.4, 0.5) is 0 Å². The fraction of sp³-hybridized carbons (Fsp3) is 0.0196. The zero-order chi connectivity index (χ0) is 37.5. The van der Waals surface area contributed by atoms with Gasteiger partial charge in [0, 0.05) is 43.1 Å². The molecule has 0 bridgehead atoms. The molecule has 0 saturated heterocycles. The average molecular weight is 730 g/mol. The molecule has 0 radical (unpaired) electrons.